The van der Waals surface area contributed by atoms with Crippen LogP contribution in [-0.2, 0) is 0 Å². The molecule has 4 heteroatoms. The van der Waals surface area contributed by atoms with Crippen molar-refractivity contribution in [3.63, 3.8) is 0 Å². The van der Waals surface area contributed by atoms with Gasteiger partial charge in [-0.05, 0) is 37.6 Å². The van der Waals surface area contributed by atoms with Gasteiger partial charge in [-0.1, -0.05) is 30.3 Å². The Hall–Kier alpha value is -2.49. The second-order valence-electron chi connectivity index (χ2n) is 5.66. The van der Waals surface area contributed by atoms with Crippen LogP contribution in [0.2, 0.25) is 0 Å². The van der Waals surface area contributed by atoms with E-state index in [1.54, 1.807) is 0 Å². The Bertz CT molecular complexity index is 699. The van der Waals surface area contributed by atoms with Gasteiger partial charge in [0.25, 0.3) is 5.91 Å². The number of ether oxygens (including phenoxy) is 2. The highest BCUT2D eigenvalue weighted by atomic mass is 16.6. The van der Waals surface area contributed by atoms with Gasteiger partial charge in [0.05, 0.1) is 6.54 Å². The monoisotopic (exact) mass is 311 g/mol. The molecular formula is C19H21NO3. The quantitative estimate of drug-likeness (QED) is 0.869. The zero-order valence-electron chi connectivity index (χ0n) is 13.5. The van der Waals surface area contributed by atoms with Crippen LogP contribution >= 0.6 is 0 Å². The number of carbonyl (C=O) groups excluding carboxylic acids is 1. The fourth-order valence-electron chi connectivity index (χ4n) is 2.74. The molecule has 1 heterocycles. The summed E-state index contributed by atoms with van der Waals surface area (Å²) in [5.41, 5.74) is 1.73. The molecule has 1 unspecified atom stereocenters. The summed E-state index contributed by atoms with van der Waals surface area (Å²) in [6.45, 7) is 5.53. The van der Waals surface area contributed by atoms with Crippen molar-refractivity contribution in [2.24, 2.45) is 0 Å². The molecule has 2 aromatic carbocycles. The number of amides is 1. The van der Waals surface area contributed by atoms with E-state index in [0.29, 0.717) is 19.7 Å². The maximum Gasteiger partial charge on any atom is 0.254 e. The highest BCUT2D eigenvalue weighted by Crippen LogP contribution is 2.31. The second kappa shape index (κ2) is 6.73. The average molecular weight is 311 g/mol. The number of para-hydroxylation sites is 2. The highest BCUT2D eigenvalue weighted by molar-refractivity contribution is 5.95. The molecule has 4 nitrogen and oxygen atoms in total. The molecule has 3 rings (SSSR count). The first kappa shape index (κ1) is 15.4. The molecule has 0 N–H and O–H groups in total. The average Bonchev–Trinajstić information content (AvgIpc) is 2.59. The second-order valence-corrected chi connectivity index (χ2v) is 5.66. The minimum absolute atomic E-state index is 0.0352. The van der Waals surface area contributed by atoms with Crippen LogP contribution in [0.25, 0.3) is 0 Å². The zero-order valence-corrected chi connectivity index (χ0v) is 13.5. The van der Waals surface area contributed by atoms with Gasteiger partial charge in [0, 0.05) is 12.1 Å². The summed E-state index contributed by atoms with van der Waals surface area (Å²) in [4.78, 5) is 14.6. The maximum atomic E-state index is 12.7. The Kier molecular flexibility index (Phi) is 4.51. The van der Waals surface area contributed by atoms with Crippen LogP contribution in [0.1, 0.15) is 22.8 Å². The van der Waals surface area contributed by atoms with Crippen molar-refractivity contribution in [1.29, 1.82) is 0 Å². The van der Waals surface area contributed by atoms with Gasteiger partial charge < -0.3 is 14.4 Å². The Morgan fingerprint density at radius 2 is 1.83 bits per heavy atom. The standard InChI is InChI=1S/C19H21NO3/c1-3-20(19(21)16-9-5-4-8-14(16)2)12-15-13-22-17-10-6-7-11-18(17)23-15/h4-11,15H,3,12-13H2,1-2H3. The summed E-state index contributed by atoms with van der Waals surface area (Å²) >= 11 is 0. The summed E-state index contributed by atoms with van der Waals surface area (Å²) in [6, 6.07) is 15.3. The van der Waals surface area contributed by atoms with Gasteiger partial charge in [0.2, 0.25) is 0 Å². The van der Waals surface area contributed by atoms with Crippen molar-refractivity contribution in [1.82, 2.24) is 4.90 Å². The minimum atomic E-state index is -0.155. The minimum Gasteiger partial charge on any atom is -0.486 e. The van der Waals surface area contributed by atoms with Gasteiger partial charge >= 0.3 is 0 Å². The van der Waals surface area contributed by atoms with Crippen molar-refractivity contribution in [3.8, 4) is 11.5 Å². The molecule has 0 bridgehead atoms. The van der Waals surface area contributed by atoms with Crippen LogP contribution < -0.4 is 9.47 Å². The van der Waals surface area contributed by atoms with E-state index >= 15 is 0 Å². The number of benzene rings is 2. The highest BCUT2D eigenvalue weighted by Gasteiger charge is 2.25. The third kappa shape index (κ3) is 3.31. The first-order chi connectivity index (χ1) is 11.2. The lowest BCUT2D eigenvalue weighted by atomic mass is 10.1. The molecule has 1 aliphatic heterocycles. The van der Waals surface area contributed by atoms with Crippen LogP contribution in [0.3, 0.4) is 0 Å². The van der Waals surface area contributed by atoms with Crippen molar-refractivity contribution in [2.45, 2.75) is 20.0 Å². The van der Waals surface area contributed by atoms with Gasteiger partial charge in [-0.2, -0.15) is 0 Å². The molecule has 0 aliphatic carbocycles. The van der Waals surface area contributed by atoms with Crippen molar-refractivity contribution >= 4 is 5.91 Å². The van der Waals surface area contributed by atoms with Gasteiger partial charge in [-0.25, -0.2) is 0 Å². The topological polar surface area (TPSA) is 38.8 Å². The lowest BCUT2D eigenvalue weighted by Gasteiger charge is -2.31. The SMILES string of the molecule is CCN(CC1COc2ccccc2O1)C(=O)c1ccccc1C. The first-order valence-corrected chi connectivity index (χ1v) is 7.92. The van der Waals surface area contributed by atoms with E-state index in [4.69, 9.17) is 9.47 Å². The fourth-order valence-corrected chi connectivity index (χ4v) is 2.74. The third-order valence-corrected chi connectivity index (χ3v) is 4.04. The predicted octanol–water partition coefficient (Wildman–Crippen LogP) is 3.30. The molecule has 1 amide bonds. The van der Waals surface area contributed by atoms with Gasteiger partial charge in [0.1, 0.15) is 6.61 Å². The predicted molar refractivity (Wildman–Crippen MR) is 89.1 cm³/mol. The van der Waals surface area contributed by atoms with E-state index in [9.17, 15) is 4.79 Å². The number of hydrogen-bond acceptors (Lipinski definition) is 3. The third-order valence-electron chi connectivity index (χ3n) is 4.04. The molecule has 120 valence electrons. The van der Waals surface area contributed by atoms with Crippen LogP contribution in [0.15, 0.2) is 48.5 Å². The molecule has 0 spiro atoms. The largest absolute Gasteiger partial charge is 0.486 e. The smallest absolute Gasteiger partial charge is 0.254 e. The van der Waals surface area contributed by atoms with E-state index in [1.807, 2.05) is 67.3 Å². The van der Waals surface area contributed by atoms with E-state index < -0.39 is 0 Å². The van der Waals surface area contributed by atoms with E-state index in [2.05, 4.69) is 0 Å². The Morgan fingerprint density at radius 3 is 2.57 bits per heavy atom. The summed E-state index contributed by atoms with van der Waals surface area (Å²) in [5.74, 6) is 1.54. The normalized spacial score (nSPS) is 16.0. The summed E-state index contributed by atoms with van der Waals surface area (Å²) in [6.07, 6.45) is -0.155. The number of rotatable bonds is 4. The Morgan fingerprint density at radius 1 is 1.13 bits per heavy atom. The number of carbonyl (C=O) groups is 1. The van der Waals surface area contributed by atoms with Gasteiger partial charge in [-0.15, -0.1) is 0 Å². The molecule has 0 aromatic heterocycles. The van der Waals surface area contributed by atoms with Crippen molar-refractivity contribution in [3.05, 3.63) is 59.7 Å². The first-order valence-electron chi connectivity index (χ1n) is 7.92. The van der Waals surface area contributed by atoms with E-state index in [1.165, 1.54) is 0 Å². The van der Waals surface area contributed by atoms with Gasteiger partial charge in [-0.3, -0.25) is 4.79 Å². The molecule has 1 atom stereocenters. The lowest BCUT2D eigenvalue weighted by Crippen LogP contribution is -2.43. The molecule has 0 saturated heterocycles. The Labute approximate surface area is 136 Å². The van der Waals surface area contributed by atoms with Crippen molar-refractivity contribution in [2.75, 3.05) is 19.7 Å². The van der Waals surface area contributed by atoms with Crippen LogP contribution in [0, 0.1) is 6.92 Å². The molecule has 1 aliphatic rings. The number of likely N-dealkylation sites (N-methyl/N-ethyl adjacent to an activating group) is 1. The molecule has 2 aromatic rings. The van der Waals surface area contributed by atoms with Gasteiger partial charge in [0.15, 0.2) is 17.6 Å². The summed E-state index contributed by atoms with van der Waals surface area (Å²) < 4.78 is 11.7. The number of fused-ring (bicyclic) bond motifs is 1. The van der Waals surface area contributed by atoms with Crippen LogP contribution in [0.4, 0.5) is 0 Å². The molecular weight excluding hydrogens is 290 g/mol. The lowest BCUT2D eigenvalue weighted by molar-refractivity contribution is 0.0474. The number of nitrogens with zero attached hydrogens (tertiary/aromatic N) is 1. The number of aryl methyl sites for hydroxylation is 1. The zero-order chi connectivity index (χ0) is 16.2. The van der Waals surface area contributed by atoms with Crippen LogP contribution in [0.5, 0.6) is 11.5 Å². The summed E-state index contributed by atoms with van der Waals surface area (Å²) in [5, 5.41) is 0. The molecule has 0 saturated carbocycles. The van der Waals surface area contributed by atoms with Crippen LogP contribution in [-0.4, -0.2) is 36.6 Å². The molecule has 0 radical (unpaired) electrons. The van der Waals surface area contributed by atoms with Crippen molar-refractivity contribution < 1.29 is 14.3 Å². The number of hydrogen-bond donors (Lipinski definition) is 0. The molecule has 23 heavy (non-hydrogen) atoms. The molecule has 0 fully saturated rings. The van der Waals surface area contributed by atoms with E-state index in [0.717, 1.165) is 22.6 Å². The summed E-state index contributed by atoms with van der Waals surface area (Å²) in [7, 11) is 0. The van der Waals surface area contributed by atoms with E-state index in [-0.39, 0.29) is 12.0 Å². The fraction of sp³-hybridized carbons (Fsp3) is 0.316. The maximum absolute atomic E-state index is 12.7. The Balaban J connectivity index is 1.71.